The minimum atomic E-state index is -0.114. The van der Waals surface area contributed by atoms with Crippen LogP contribution in [0.2, 0.25) is 0 Å². The summed E-state index contributed by atoms with van der Waals surface area (Å²) in [6.45, 7) is 0.827. The Morgan fingerprint density at radius 2 is 1.41 bits per heavy atom. The molecule has 3 rings (SSSR count). The molecule has 29 heavy (non-hydrogen) atoms. The van der Waals surface area contributed by atoms with E-state index in [1.165, 1.54) is 6.08 Å². The lowest BCUT2D eigenvalue weighted by atomic mass is 10.1. The minimum absolute atomic E-state index is 0.114. The second-order valence-corrected chi connectivity index (χ2v) is 6.85. The number of nitrogens with zero attached hydrogens (tertiary/aromatic N) is 1. The number of ether oxygens (including phenoxy) is 2. The highest BCUT2D eigenvalue weighted by Crippen LogP contribution is 2.27. The van der Waals surface area contributed by atoms with Crippen molar-refractivity contribution in [3.05, 3.63) is 108 Å². The van der Waals surface area contributed by atoms with Gasteiger partial charge in [-0.2, -0.15) is 0 Å². The summed E-state index contributed by atoms with van der Waals surface area (Å²) in [4.78, 5) is 14.5. The Kier molecular flexibility index (Phi) is 7.06. The summed E-state index contributed by atoms with van der Waals surface area (Å²) in [5.74, 6) is 1.05. The molecule has 0 amide bonds. The quantitative estimate of drug-likeness (QED) is 0.378. The SMILES string of the molecule is CN(C)/C=C\C(=O)c1ccc(OCc2ccccc2)cc1OCc1ccccc1. The molecule has 4 nitrogen and oxygen atoms in total. The van der Waals surface area contributed by atoms with Crippen LogP contribution in [0, 0.1) is 0 Å². The van der Waals surface area contributed by atoms with Crippen LogP contribution in [0.15, 0.2) is 91.1 Å². The first kappa shape index (κ1) is 20.2. The maximum Gasteiger partial charge on any atom is 0.191 e. The second-order valence-electron chi connectivity index (χ2n) is 6.85. The van der Waals surface area contributed by atoms with Gasteiger partial charge in [0.25, 0.3) is 0 Å². The van der Waals surface area contributed by atoms with Gasteiger partial charge in [-0.15, -0.1) is 0 Å². The molecule has 0 aliphatic rings. The third-order valence-corrected chi connectivity index (χ3v) is 4.23. The van der Waals surface area contributed by atoms with Crippen LogP contribution in [-0.4, -0.2) is 24.8 Å². The molecule has 0 saturated heterocycles. The highest BCUT2D eigenvalue weighted by atomic mass is 16.5. The van der Waals surface area contributed by atoms with Gasteiger partial charge >= 0.3 is 0 Å². The molecule has 0 aliphatic heterocycles. The van der Waals surface area contributed by atoms with E-state index in [0.29, 0.717) is 30.3 Å². The van der Waals surface area contributed by atoms with Crippen LogP contribution in [-0.2, 0) is 13.2 Å². The van der Waals surface area contributed by atoms with Crippen LogP contribution in [0.4, 0.5) is 0 Å². The normalized spacial score (nSPS) is 10.7. The fourth-order valence-electron chi connectivity index (χ4n) is 2.70. The number of rotatable bonds is 9. The van der Waals surface area contributed by atoms with E-state index in [9.17, 15) is 4.79 Å². The first-order chi connectivity index (χ1) is 14.1. The van der Waals surface area contributed by atoms with Crippen molar-refractivity contribution in [3.63, 3.8) is 0 Å². The van der Waals surface area contributed by atoms with Gasteiger partial charge in [0.15, 0.2) is 5.78 Å². The van der Waals surface area contributed by atoms with Gasteiger partial charge in [-0.05, 0) is 23.3 Å². The van der Waals surface area contributed by atoms with E-state index in [4.69, 9.17) is 9.47 Å². The van der Waals surface area contributed by atoms with Gasteiger partial charge in [0.2, 0.25) is 0 Å². The van der Waals surface area contributed by atoms with Gasteiger partial charge in [0.05, 0.1) is 5.56 Å². The highest BCUT2D eigenvalue weighted by Gasteiger charge is 2.13. The molecule has 0 saturated carbocycles. The number of allylic oxidation sites excluding steroid dienone is 1. The zero-order valence-electron chi connectivity index (χ0n) is 16.7. The Morgan fingerprint density at radius 3 is 2.00 bits per heavy atom. The molecule has 0 radical (unpaired) electrons. The van der Waals surface area contributed by atoms with E-state index in [-0.39, 0.29) is 5.78 Å². The highest BCUT2D eigenvalue weighted by molar-refractivity contribution is 6.06. The van der Waals surface area contributed by atoms with Crippen molar-refractivity contribution >= 4 is 5.78 Å². The van der Waals surface area contributed by atoms with Crippen molar-refractivity contribution in [1.82, 2.24) is 4.90 Å². The molecule has 0 fully saturated rings. The number of carbonyl (C=O) groups excluding carboxylic acids is 1. The number of ketones is 1. The molecule has 0 heterocycles. The number of benzene rings is 3. The summed E-state index contributed by atoms with van der Waals surface area (Å²) in [6.07, 6.45) is 3.26. The van der Waals surface area contributed by atoms with E-state index in [1.54, 1.807) is 24.4 Å². The van der Waals surface area contributed by atoms with Gasteiger partial charge in [-0.3, -0.25) is 4.79 Å². The second kappa shape index (κ2) is 10.1. The zero-order valence-corrected chi connectivity index (χ0v) is 16.7. The molecule has 0 aromatic heterocycles. The lowest BCUT2D eigenvalue weighted by Crippen LogP contribution is -2.06. The van der Waals surface area contributed by atoms with Gasteiger partial charge < -0.3 is 14.4 Å². The van der Waals surface area contributed by atoms with Crippen molar-refractivity contribution < 1.29 is 14.3 Å². The third-order valence-electron chi connectivity index (χ3n) is 4.23. The Morgan fingerprint density at radius 1 is 0.828 bits per heavy atom. The fraction of sp³-hybridized carbons (Fsp3) is 0.160. The van der Waals surface area contributed by atoms with Crippen LogP contribution < -0.4 is 9.47 Å². The molecule has 148 valence electrons. The van der Waals surface area contributed by atoms with E-state index < -0.39 is 0 Å². The molecular formula is C25H25NO3. The van der Waals surface area contributed by atoms with Gasteiger partial charge in [-0.1, -0.05) is 60.7 Å². The van der Waals surface area contributed by atoms with E-state index in [0.717, 1.165) is 11.1 Å². The number of hydrogen-bond acceptors (Lipinski definition) is 4. The number of hydrogen-bond donors (Lipinski definition) is 0. The molecule has 0 N–H and O–H groups in total. The molecule has 3 aromatic carbocycles. The van der Waals surface area contributed by atoms with E-state index >= 15 is 0 Å². The monoisotopic (exact) mass is 387 g/mol. The van der Waals surface area contributed by atoms with Crippen molar-refractivity contribution in [2.45, 2.75) is 13.2 Å². The summed E-state index contributed by atoms with van der Waals surface area (Å²) >= 11 is 0. The van der Waals surface area contributed by atoms with Gasteiger partial charge in [0.1, 0.15) is 24.7 Å². The Balaban J connectivity index is 1.79. The van der Waals surface area contributed by atoms with Crippen molar-refractivity contribution in [3.8, 4) is 11.5 Å². The molecule has 0 aliphatic carbocycles. The van der Waals surface area contributed by atoms with Gasteiger partial charge in [-0.25, -0.2) is 0 Å². The predicted molar refractivity (Wildman–Crippen MR) is 115 cm³/mol. The molecule has 4 heteroatoms. The third kappa shape index (κ3) is 6.25. The largest absolute Gasteiger partial charge is 0.489 e. The topological polar surface area (TPSA) is 38.8 Å². The Hall–Kier alpha value is -3.53. The summed E-state index contributed by atoms with van der Waals surface area (Å²) < 4.78 is 11.9. The van der Waals surface area contributed by atoms with E-state index in [2.05, 4.69) is 0 Å². The predicted octanol–water partition coefficient (Wildman–Crippen LogP) is 5.10. The maximum atomic E-state index is 12.6. The summed E-state index contributed by atoms with van der Waals surface area (Å²) in [5, 5.41) is 0. The van der Waals surface area contributed by atoms with Crippen molar-refractivity contribution in [2.75, 3.05) is 14.1 Å². The first-order valence-electron chi connectivity index (χ1n) is 9.48. The molecule has 3 aromatic rings. The fourth-order valence-corrected chi connectivity index (χ4v) is 2.70. The van der Waals surface area contributed by atoms with Crippen LogP contribution in [0.1, 0.15) is 21.5 Å². The molecule has 0 atom stereocenters. The Bertz CT molecular complexity index is 950. The van der Waals surface area contributed by atoms with Crippen LogP contribution >= 0.6 is 0 Å². The smallest absolute Gasteiger partial charge is 0.191 e. The van der Waals surface area contributed by atoms with Crippen molar-refractivity contribution in [1.29, 1.82) is 0 Å². The summed E-state index contributed by atoms with van der Waals surface area (Å²) in [5.41, 5.74) is 2.62. The number of carbonyl (C=O) groups is 1. The standard InChI is InChI=1S/C25H25NO3/c1-26(2)16-15-24(27)23-14-13-22(28-18-20-9-5-3-6-10-20)17-25(23)29-19-21-11-7-4-8-12-21/h3-17H,18-19H2,1-2H3/b16-15-. The van der Waals surface area contributed by atoms with Gasteiger partial charge in [0, 0.05) is 32.4 Å². The minimum Gasteiger partial charge on any atom is -0.489 e. The molecular weight excluding hydrogens is 362 g/mol. The first-order valence-corrected chi connectivity index (χ1v) is 9.48. The maximum absolute atomic E-state index is 12.6. The molecule has 0 spiro atoms. The lowest BCUT2D eigenvalue weighted by molar-refractivity contribution is 0.104. The summed E-state index contributed by atoms with van der Waals surface area (Å²) in [7, 11) is 3.74. The van der Waals surface area contributed by atoms with Crippen molar-refractivity contribution in [2.24, 2.45) is 0 Å². The molecule has 0 bridgehead atoms. The van der Waals surface area contributed by atoms with Crippen LogP contribution in [0.3, 0.4) is 0 Å². The van der Waals surface area contributed by atoms with Crippen LogP contribution in [0.5, 0.6) is 11.5 Å². The average Bonchev–Trinajstić information content (AvgIpc) is 2.76. The lowest BCUT2D eigenvalue weighted by Gasteiger charge is -2.13. The molecule has 0 unspecified atom stereocenters. The zero-order chi connectivity index (χ0) is 20.5. The van der Waals surface area contributed by atoms with Crippen LogP contribution in [0.25, 0.3) is 0 Å². The van der Waals surface area contributed by atoms with E-state index in [1.807, 2.05) is 79.7 Å². The average molecular weight is 387 g/mol. The Labute approximate surface area is 172 Å². The summed E-state index contributed by atoms with van der Waals surface area (Å²) in [6, 6.07) is 25.1.